The number of hydrogen-bond acceptors (Lipinski definition) is 3. The summed E-state index contributed by atoms with van der Waals surface area (Å²) in [4.78, 5) is 27.6. The second-order valence-corrected chi connectivity index (χ2v) is 10.7. The average Bonchev–Trinajstić information content (AvgIpc) is 2.77. The summed E-state index contributed by atoms with van der Waals surface area (Å²) in [6.07, 6.45) is 2.61. The molecule has 182 valence electrons. The van der Waals surface area contributed by atoms with Gasteiger partial charge in [0.15, 0.2) is 0 Å². The highest BCUT2D eigenvalue weighted by Gasteiger charge is 2.32. The minimum atomic E-state index is -0.401. The Morgan fingerprint density at radius 2 is 1.34 bits per heavy atom. The molecule has 4 rings (SSSR count). The van der Waals surface area contributed by atoms with Crippen LogP contribution in [0.5, 0.6) is 0 Å². The van der Waals surface area contributed by atoms with E-state index in [2.05, 4.69) is 36.4 Å². The van der Waals surface area contributed by atoms with Gasteiger partial charge in [0.05, 0.1) is 5.52 Å². The quantitative estimate of drug-likeness (QED) is 0.326. The summed E-state index contributed by atoms with van der Waals surface area (Å²) in [5.41, 5.74) is 2.32. The second-order valence-electron chi connectivity index (χ2n) is 10.7. The van der Waals surface area contributed by atoms with Crippen molar-refractivity contribution in [1.82, 2.24) is 4.98 Å². The number of carbonyl (C=O) groups excluding carboxylic acids is 2. The van der Waals surface area contributed by atoms with Crippen LogP contribution in [0.3, 0.4) is 0 Å². The van der Waals surface area contributed by atoms with Crippen LogP contribution >= 0.6 is 0 Å². The highest BCUT2D eigenvalue weighted by Crippen LogP contribution is 2.34. The number of pyridine rings is 1. The van der Waals surface area contributed by atoms with Crippen LogP contribution in [-0.2, 0) is 9.59 Å². The Balaban J connectivity index is 0.000000211. The maximum Gasteiger partial charge on any atom is 0.230 e. The molecule has 5 nitrogen and oxygen atoms in total. The fourth-order valence-electron chi connectivity index (χ4n) is 4.33. The van der Waals surface area contributed by atoms with Crippen LogP contribution in [0.25, 0.3) is 21.7 Å². The zero-order chi connectivity index (χ0) is 25.6. The number of anilines is 2. The van der Waals surface area contributed by atoms with E-state index in [4.69, 9.17) is 0 Å². The molecule has 4 aromatic rings. The highest BCUT2D eigenvalue weighted by molar-refractivity contribution is 5.97. The van der Waals surface area contributed by atoms with Crippen LogP contribution in [-0.4, -0.2) is 16.8 Å². The molecule has 0 unspecified atom stereocenters. The summed E-state index contributed by atoms with van der Waals surface area (Å²) in [6.45, 7) is 12.0. The maximum absolute atomic E-state index is 12.5. The maximum atomic E-state index is 12.5. The topological polar surface area (TPSA) is 71.1 Å². The molecule has 0 radical (unpaired) electrons. The van der Waals surface area contributed by atoms with Crippen molar-refractivity contribution in [3.05, 3.63) is 79.0 Å². The molecule has 0 bridgehead atoms. The van der Waals surface area contributed by atoms with E-state index < -0.39 is 5.41 Å². The fourth-order valence-corrected chi connectivity index (χ4v) is 4.33. The molecule has 2 amide bonds. The summed E-state index contributed by atoms with van der Waals surface area (Å²) in [5.74, 6) is 0.0148. The van der Waals surface area contributed by atoms with Crippen molar-refractivity contribution in [1.29, 1.82) is 0 Å². The molecule has 0 atom stereocenters. The first-order valence-corrected chi connectivity index (χ1v) is 11.9. The molecule has 0 saturated carbocycles. The molecule has 3 aromatic carbocycles. The van der Waals surface area contributed by atoms with E-state index in [0.717, 1.165) is 34.1 Å². The van der Waals surface area contributed by atoms with Gasteiger partial charge in [0.25, 0.3) is 0 Å². The van der Waals surface area contributed by atoms with Crippen LogP contribution in [0.15, 0.2) is 79.0 Å². The summed E-state index contributed by atoms with van der Waals surface area (Å²) in [5, 5.41) is 9.14. The number of hydrogen-bond donors (Lipinski definition) is 2. The fraction of sp³-hybridized carbons (Fsp3) is 0.300. The van der Waals surface area contributed by atoms with Gasteiger partial charge < -0.3 is 10.6 Å². The number of amides is 2. The van der Waals surface area contributed by atoms with Gasteiger partial charge in [0.1, 0.15) is 0 Å². The van der Waals surface area contributed by atoms with Crippen LogP contribution in [0.2, 0.25) is 0 Å². The Hall–Kier alpha value is -3.73. The van der Waals surface area contributed by atoms with Gasteiger partial charge in [0, 0.05) is 35.3 Å². The molecule has 35 heavy (non-hydrogen) atoms. The third kappa shape index (κ3) is 7.64. The smallest absolute Gasteiger partial charge is 0.230 e. The SMILES string of the molecule is CC(=O)Nc1ccc2ccccc2c1.CC(C)(C)CC(C)(C)C(=O)Nc1ccc2ncccc2c1. The van der Waals surface area contributed by atoms with E-state index in [0.29, 0.717) is 0 Å². The molecule has 1 heterocycles. The van der Waals surface area contributed by atoms with Gasteiger partial charge in [-0.1, -0.05) is 71.0 Å². The predicted octanol–water partition coefficient (Wildman–Crippen LogP) is 7.43. The normalized spacial score (nSPS) is 11.5. The highest BCUT2D eigenvalue weighted by atomic mass is 16.2. The summed E-state index contributed by atoms with van der Waals surface area (Å²) in [7, 11) is 0. The van der Waals surface area contributed by atoms with Gasteiger partial charge in [-0.25, -0.2) is 0 Å². The molecule has 2 N–H and O–H groups in total. The molecular weight excluding hydrogens is 434 g/mol. The number of carbonyl (C=O) groups is 2. The first kappa shape index (κ1) is 25.9. The molecule has 1 aromatic heterocycles. The van der Waals surface area contributed by atoms with E-state index in [-0.39, 0.29) is 17.2 Å². The summed E-state index contributed by atoms with van der Waals surface area (Å²) < 4.78 is 0. The molecule has 5 heteroatoms. The van der Waals surface area contributed by atoms with Crippen molar-refractivity contribution in [3.63, 3.8) is 0 Å². The van der Waals surface area contributed by atoms with Crippen molar-refractivity contribution in [2.75, 3.05) is 10.6 Å². The molecule has 0 fully saturated rings. The largest absolute Gasteiger partial charge is 0.326 e. The third-order valence-corrected chi connectivity index (χ3v) is 5.52. The molecule has 0 aliphatic heterocycles. The molecule has 0 saturated heterocycles. The molecular formula is C30H35N3O2. The lowest BCUT2D eigenvalue weighted by Crippen LogP contribution is -2.34. The van der Waals surface area contributed by atoms with Crippen LogP contribution in [0.4, 0.5) is 11.4 Å². The molecule has 0 aliphatic carbocycles. The van der Waals surface area contributed by atoms with E-state index in [9.17, 15) is 9.59 Å². The van der Waals surface area contributed by atoms with Gasteiger partial charge in [0.2, 0.25) is 11.8 Å². The lowest BCUT2D eigenvalue weighted by molar-refractivity contribution is -0.125. The first-order chi connectivity index (χ1) is 16.4. The Labute approximate surface area is 208 Å². The van der Waals surface area contributed by atoms with Crippen LogP contribution in [0, 0.1) is 10.8 Å². The molecule has 0 spiro atoms. The van der Waals surface area contributed by atoms with Gasteiger partial charge in [-0.05, 0) is 59.0 Å². The average molecular weight is 470 g/mol. The van der Waals surface area contributed by atoms with Crippen molar-refractivity contribution in [3.8, 4) is 0 Å². The Morgan fingerprint density at radius 1 is 0.743 bits per heavy atom. The minimum absolute atomic E-state index is 0.0414. The lowest BCUT2D eigenvalue weighted by Gasteiger charge is -2.31. The monoisotopic (exact) mass is 469 g/mol. The van der Waals surface area contributed by atoms with Gasteiger partial charge in [-0.3, -0.25) is 14.6 Å². The van der Waals surface area contributed by atoms with Crippen molar-refractivity contribution >= 4 is 44.9 Å². The van der Waals surface area contributed by atoms with E-state index >= 15 is 0 Å². The Morgan fingerprint density at radius 3 is 2.03 bits per heavy atom. The van der Waals surface area contributed by atoms with E-state index in [1.165, 1.54) is 12.3 Å². The number of aromatic nitrogens is 1. The Kier molecular flexibility index (Phi) is 7.90. The second kappa shape index (κ2) is 10.7. The standard InChI is InChI=1S/C18H24N2O.C12H11NO/c1-17(2,3)12-18(4,5)16(21)20-14-8-9-15-13(11-14)7-6-10-19-15;1-9(14)13-12-7-6-10-4-2-3-5-11(10)8-12/h6-11H,12H2,1-5H3,(H,20,21);2-8H,1H3,(H,13,14). The first-order valence-electron chi connectivity index (χ1n) is 11.9. The lowest BCUT2D eigenvalue weighted by atomic mass is 9.75. The summed E-state index contributed by atoms with van der Waals surface area (Å²) >= 11 is 0. The third-order valence-electron chi connectivity index (χ3n) is 5.52. The van der Waals surface area contributed by atoms with Crippen LogP contribution < -0.4 is 10.6 Å². The van der Waals surface area contributed by atoms with E-state index in [1.54, 1.807) is 6.20 Å². The number of nitrogens with zero attached hydrogens (tertiary/aromatic N) is 1. The van der Waals surface area contributed by atoms with Crippen LogP contribution in [0.1, 0.15) is 48.0 Å². The number of benzene rings is 3. The number of rotatable bonds is 4. The van der Waals surface area contributed by atoms with Crippen molar-refractivity contribution in [2.45, 2.75) is 48.0 Å². The predicted molar refractivity (Wildman–Crippen MR) is 146 cm³/mol. The van der Waals surface area contributed by atoms with Crippen molar-refractivity contribution in [2.24, 2.45) is 10.8 Å². The van der Waals surface area contributed by atoms with Gasteiger partial charge in [-0.2, -0.15) is 0 Å². The molecule has 0 aliphatic rings. The summed E-state index contributed by atoms with van der Waals surface area (Å²) in [6, 6.07) is 23.6. The van der Waals surface area contributed by atoms with Crippen molar-refractivity contribution < 1.29 is 9.59 Å². The van der Waals surface area contributed by atoms with Gasteiger partial charge in [-0.15, -0.1) is 0 Å². The zero-order valence-corrected chi connectivity index (χ0v) is 21.5. The number of nitrogens with one attached hydrogen (secondary N) is 2. The Bertz CT molecular complexity index is 1340. The zero-order valence-electron chi connectivity index (χ0n) is 21.5. The van der Waals surface area contributed by atoms with E-state index in [1.807, 2.05) is 86.6 Å². The van der Waals surface area contributed by atoms with Gasteiger partial charge >= 0.3 is 0 Å². The number of fused-ring (bicyclic) bond motifs is 2. The minimum Gasteiger partial charge on any atom is -0.326 e.